The van der Waals surface area contributed by atoms with Gasteiger partial charge in [0.25, 0.3) is 0 Å². The number of benzene rings is 2. The van der Waals surface area contributed by atoms with Crippen molar-refractivity contribution in [2.75, 3.05) is 13.7 Å². The fraction of sp³-hybridized carbons (Fsp3) is 0.296. The monoisotopic (exact) mass is 473 g/mol. The molecule has 0 unspecified atom stereocenters. The molecule has 1 aliphatic heterocycles. The first-order valence-electron chi connectivity index (χ1n) is 11.6. The normalized spacial score (nSPS) is 13.1. The van der Waals surface area contributed by atoms with Crippen molar-refractivity contribution in [3.8, 4) is 5.75 Å². The lowest BCUT2D eigenvalue weighted by Crippen LogP contribution is -2.36. The Morgan fingerprint density at radius 2 is 1.94 bits per heavy atom. The van der Waals surface area contributed by atoms with Crippen LogP contribution in [0.4, 0.5) is 0 Å². The van der Waals surface area contributed by atoms with Gasteiger partial charge in [-0.25, -0.2) is 4.79 Å². The first kappa shape index (κ1) is 22.7. The van der Waals surface area contributed by atoms with Gasteiger partial charge in [-0.05, 0) is 49.7 Å². The molecule has 0 atom stereocenters. The number of hydrogen-bond acceptors (Lipinski definition) is 6. The van der Waals surface area contributed by atoms with E-state index in [4.69, 9.17) is 14.0 Å². The van der Waals surface area contributed by atoms with E-state index >= 15 is 0 Å². The average molecular weight is 474 g/mol. The van der Waals surface area contributed by atoms with Crippen LogP contribution in [0.1, 0.15) is 44.2 Å². The van der Waals surface area contributed by atoms with Crippen molar-refractivity contribution >= 4 is 22.8 Å². The maximum Gasteiger partial charge on any atom is 0.337 e. The minimum absolute atomic E-state index is 0.0681. The van der Waals surface area contributed by atoms with Crippen LogP contribution in [0.3, 0.4) is 0 Å². The fourth-order valence-electron chi connectivity index (χ4n) is 4.53. The zero-order chi connectivity index (χ0) is 24.5. The van der Waals surface area contributed by atoms with Crippen LogP contribution in [0.2, 0.25) is 0 Å². The molecule has 0 aliphatic carbocycles. The molecule has 3 heterocycles. The number of H-pyrrole nitrogens is 1. The van der Waals surface area contributed by atoms with Crippen molar-refractivity contribution in [3.05, 3.63) is 81.9 Å². The maximum absolute atomic E-state index is 13.1. The molecule has 0 fully saturated rings. The van der Waals surface area contributed by atoms with Crippen LogP contribution in [0.25, 0.3) is 10.9 Å². The van der Waals surface area contributed by atoms with Crippen molar-refractivity contribution < 1.29 is 23.6 Å². The SMILES string of the molecule is COC(=O)c1ccc2[nH]c3c(c2c1)CN(C(=O)Cc1ccc(OCc2c(C)noc2C)cc1)CC3. The van der Waals surface area contributed by atoms with Crippen molar-refractivity contribution in [1.82, 2.24) is 15.0 Å². The van der Waals surface area contributed by atoms with Gasteiger partial charge in [-0.15, -0.1) is 0 Å². The van der Waals surface area contributed by atoms with Crippen molar-refractivity contribution in [2.24, 2.45) is 0 Å². The van der Waals surface area contributed by atoms with Gasteiger partial charge < -0.3 is 23.9 Å². The molecule has 1 N–H and O–H groups in total. The number of methoxy groups -OCH3 is 1. The van der Waals surface area contributed by atoms with Gasteiger partial charge >= 0.3 is 5.97 Å². The molecule has 35 heavy (non-hydrogen) atoms. The van der Waals surface area contributed by atoms with Gasteiger partial charge in [-0.1, -0.05) is 17.3 Å². The van der Waals surface area contributed by atoms with Crippen LogP contribution in [0.15, 0.2) is 47.0 Å². The van der Waals surface area contributed by atoms with E-state index in [0.29, 0.717) is 31.7 Å². The van der Waals surface area contributed by atoms with E-state index in [0.717, 1.165) is 56.9 Å². The summed E-state index contributed by atoms with van der Waals surface area (Å²) in [7, 11) is 1.37. The second-order valence-electron chi connectivity index (χ2n) is 8.81. The number of hydrogen-bond donors (Lipinski definition) is 1. The summed E-state index contributed by atoms with van der Waals surface area (Å²) in [5, 5.41) is 4.90. The van der Waals surface area contributed by atoms with Gasteiger partial charge in [0.05, 0.1) is 30.4 Å². The molecule has 0 saturated carbocycles. The Morgan fingerprint density at radius 1 is 1.14 bits per heavy atom. The molecule has 0 saturated heterocycles. The van der Waals surface area contributed by atoms with Gasteiger partial charge in [0, 0.05) is 41.7 Å². The lowest BCUT2D eigenvalue weighted by Gasteiger charge is -2.27. The molecule has 4 aromatic rings. The molecule has 0 spiro atoms. The summed E-state index contributed by atoms with van der Waals surface area (Å²) in [5.41, 5.74) is 6.35. The topological polar surface area (TPSA) is 97.7 Å². The molecule has 1 aliphatic rings. The summed E-state index contributed by atoms with van der Waals surface area (Å²) in [6.07, 6.45) is 1.06. The second kappa shape index (κ2) is 9.29. The Kier molecular flexibility index (Phi) is 6.03. The van der Waals surface area contributed by atoms with Crippen LogP contribution in [-0.4, -0.2) is 40.6 Å². The third-order valence-electron chi connectivity index (χ3n) is 6.59. The molecule has 2 aromatic heterocycles. The van der Waals surface area contributed by atoms with Crippen molar-refractivity contribution in [1.29, 1.82) is 0 Å². The van der Waals surface area contributed by atoms with E-state index in [1.165, 1.54) is 7.11 Å². The summed E-state index contributed by atoms with van der Waals surface area (Å²) in [5.74, 6) is 1.18. The van der Waals surface area contributed by atoms with E-state index in [1.54, 1.807) is 6.07 Å². The van der Waals surface area contributed by atoms with Crippen LogP contribution in [0.5, 0.6) is 5.75 Å². The van der Waals surface area contributed by atoms with Gasteiger partial charge in [-0.3, -0.25) is 4.79 Å². The number of ether oxygens (including phenoxy) is 2. The van der Waals surface area contributed by atoms with E-state index < -0.39 is 0 Å². The molecule has 0 radical (unpaired) electrons. The summed E-state index contributed by atoms with van der Waals surface area (Å²) in [4.78, 5) is 30.4. The minimum atomic E-state index is -0.371. The maximum atomic E-state index is 13.1. The van der Waals surface area contributed by atoms with Crippen LogP contribution >= 0.6 is 0 Å². The largest absolute Gasteiger partial charge is 0.489 e. The summed E-state index contributed by atoms with van der Waals surface area (Å²) in [6.45, 7) is 5.31. The van der Waals surface area contributed by atoms with Crippen LogP contribution in [0, 0.1) is 13.8 Å². The van der Waals surface area contributed by atoms with Crippen molar-refractivity contribution in [3.63, 3.8) is 0 Å². The van der Waals surface area contributed by atoms with Gasteiger partial charge in [0.2, 0.25) is 5.91 Å². The Labute approximate surface area is 202 Å². The minimum Gasteiger partial charge on any atom is -0.489 e. The van der Waals surface area contributed by atoms with E-state index in [-0.39, 0.29) is 11.9 Å². The third kappa shape index (κ3) is 4.51. The number of aromatic nitrogens is 2. The number of esters is 1. The molecule has 8 heteroatoms. The Morgan fingerprint density at radius 3 is 2.66 bits per heavy atom. The number of carbonyl (C=O) groups is 2. The molecular weight excluding hydrogens is 446 g/mol. The third-order valence-corrected chi connectivity index (χ3v) is 6.59. The smallest absolute Gasteiger partial charge is 0.337 e. The Balaban J connectivity index is 1.24. The summed E-state index contributed by atoms with van der Waals surface area (Å²) in [6, 6.07) is 13.1. The number of aryl methyl sites for hydroxylation is 2. The zero-order valence-corrected chi connectivity index (χ0v) is 20.0. The number of aromatic amines is 1. The predicted octanol–water partition coefficient (Wildman–Crippen LogP) is 4.27. The first-order chi connectivity index (χ1) is 16.9. The highest BCUT2D eigenvalue weighted by atomic mass is 16.5. The highest BCUT2D eigenvalue weighted by molar-refractivity contribution is 5.96. The molecule has 180 valence electrons. The van der Waals surface area contributed by atoms with E-state index in [2.05, 4.69) is 10.1 Å². The van der Waals surface area contributed by atoms with Gasteiger partial charge in [-0.2, -0.15) is 0 Å². The number of fused-ring (bicyclic) bond motifs is 3. The van der Waals surface area contributed by atoms with Gasteiger partial charge in [0.1, 0.15) is 18.1 Å². The van der Waals surface area contributed by atoms with Gasteiger partial charge in [0.15, 0.2) is 0 Å². The van der Waals surface area contributed by atoms with Crippen molar-refractivity contribution in [2.45, 2.75) is 39.8 Å². The lowest BCUT2D eigenvalue weighted by atomic mass is 10.0. The number of nitrogens with zero attached hydrogens (tertiary/aromatic N) is 2. The van der Waals surface area contributed by atoms with E-state index in [1.807, 2.05) is 55.1 Å². The summed E-state index contributed by atoms with van der Waals surface area (Å²) >= 11 is 0. The highest BCUT2D eigenvalue weighted by Crippen LogP contribution is 2.29. The molecule has 5 rings (SSSR count). The molecule has 0 bridgehead atoms. The number of nitrogens with one attached hydrogen (secondary N) is 1. The predicted molar refractivity (Wildman–Crippen MR) is 129 cm³/mol. The number of carbonyl (C=O) groups excluding carboxylic acids is 2. The number of amides is 1. The molecule has 8 nitrogen and oxygen atoms in total. The molecule has 2 aromatic carbocycles. The second-order valence-corrected chi connectivity index (χ2v) is 8.81. The fourth-order valence-corrected chi connectivity index (χ4v) is 4.53. The molecular formula is C27H27N3O5. The zero-order valence-electron chi connectivity index (χ0n) is 20.0. The Bertz CT molecular complexity index is 1380. The van der Waals surface area contributed by atoms with Crippen LogP contribution in [-0.2, 0) is 35.5 Å². The number of rotatable bonds is 6. The lowest BCUT2D eigenvalue weighted by molar-refractivity contribution is -0.131. The Hall–Kier alpha value is -4.07. The molecule has 1 amide bonds. The van der Waals surface area contributed by atoms with Crippen LogP contribution < -0.4 is 4.74 Å². The highest BCUT2D eigenvalue weighted by Gasteiger charge is 2.24. The average Bonchev–Trinajstić information content (AvgIpc) is 3.40. The first-order valence-corrected chi connectivity index (χ1v) is 11.6. The standard InChI is InChI=1S/C27H27N3O5/c1-16-23(17(2)35-29-16)15-34-20-7-4-18(5-8-20)12-26(31)30-11-10-25-22(14-30)21-13-19(27(32)33-3)6-9-24(21)28-25/h4-9,13,28H,10-12,14-15H2,1-3H3. The van der Waals surface area contributed by atoms with E-state index in [9.17, 15) is 9.59 Å². The quantitative estimate of drug-likeness (QED) is 0.420. The summed E-state index contributed by atoms with van der Waals surface area (Å²) < 4.78 is 15.9.